The Labute approximate surface area is 101 Å². The molecule has 0 spiro atoms. The highest BCUT2D eigenvalue weighted by atomic mass is 35.5. The number of hydrogen-bond donors (Lipinski definition) is 2. The van der Waals surface area contributed by atoms with Gasteiger partial charge in [-0.25, -0.2) is 0 Å². The summed E-state index contributed by atoms with van der Waals surface area (Å²) in [5.74, 6) is 0.604. The maximum Gasteiger partial charge on any atom is 0.125 e. The van der Waals surface area contributed by atoms with Crippen molar-refractivity contribution in [3.05, 3.63) is 28.8 Å². The van der Waals surface area contributed by atoms with Gasteiger partial charge in [-0.15, -0.1) is 0 Å². The van der Waals surface area contributed by atoms with Crippen LogP contribution in [0.5, 0.6) is 5.75 Å². The molecule has 0 aliphatic carbocycles. The average molecular weight is 245 g/mol. The van der Waals surface area contributed by atoms with Crippen molar-refractivity contribution in [2.45, 2.75) is 25.4 Å². The minimum Gasteiger partial charge on any atom is -0.496 e. The zero-order valence-electron chi connectivity index (χ0n) is 9.53. The second-order valence-electron chi connectivity index (χ2n) is 3.95. The molecule has 0 saturated heterocycles. The highest BCUT2D eigenvalue weighted by Crippen LogP contribution is 2.35. The van der Waals surface area contributed by atoms with Crippen molar-refractivity contribution < 1.29 is 14.9 Å². The number of halogens is 1. The Kier molecular flexibility index (Phi) is 4.59. The van der Waals surface area contributed by atoms with Gasteiger partial charge in [0.2, 0.25) is 0 Å². The van der Waals surface area contributed by atoms with Crippen molar-refractivity contribution in [1.29, 1.82) is 0 Å². The molecular formula is C12H17ClO3. The Morgan fingerprint density at radius 2 is 2.12 bits per heavy atom. The van der Waals surface area contributed by atoms with E-state index in [9.17, 15) is 5.11 Å². The summed E-state index contributed by atoms with van der Waals surface area (Å²) in [5, 5.41) is 19.6. The maximum atomic E-state index is 10.3. The Morgan fingerprint density at radius 1 is 1.44 bits per heavy atom. The van der Waals surface area contributed by atoms with Crippen molar-refractivity contribution >= 4 is 11.6 Å². The molecule has 1 rings (SSSR count). The molecule has 1 unspecified atom stereocenters. The van der Waals surface area contributed by atoms with E-state index in [-0.39, 0.29) is 6.61 Å². The summed E-state index contributed by atoms with van der Waals surface area (Å²) < 4.78 is 5.19. The van der Waals surface area contributed by atoms with E-state index in [1.165, 1.54) is 0 Å². The van der Waals surface area contributed by atoms with Crippen LogP contribution < -0.4 is 4.74 Å². The molecule has 90 valence electrons. The molecule has 16 heavy (non-hydrogen) atoms. The first-order valence-electron chi connectivity index (χ1n) is 5.18. The molecule has 0 radical (unpaired) electrons. The van der Waals surface area contributed by atoms with Crippen LogP contribution >= 0.6 is 11.6 Å². The topological polar surface area (TPSA) is 49.7 Å². The van der Waals surface area contributed by atoms with Crippen LogP contribution in [0.2, 0.25) is 5.02 Å². The Morgan fingerprint density at radius 3 is 2.69 bits per heavy atom. The number of aliphatic hydroxyl groups excluding tert-OH is 1. The van der Waals surface area contributed by atoms with Crippen LogP contribution in [0.1, 0.15) is 25.3 Å². The summed E-state index contributed by atoms with van der Waals surface area (Å²) in [7, 11) is 1.55. The van der Waals surface area contributed by atoms with E-state index in [2.05, 4.69) is 0 Å². The molecule has 0 saturated carbocycles. The second-order valence-corrected chi connectivity index (χ2v) is 4.38. The van der Waals surface area contributed by atoms with Gasteiger partial charge in [0.15, 0.2) is 0 Å². The third kappa shape index (κ3) is 3.11. The van der Waals surface area contributed by atoms with Gasteiger partial charge in [0.1, 0.15) is 5.75 Å². The molecule has 2 N–H and O–H groups in total. The second kappa shape index (κ2) is 5.53. The van der Waals surface area contributed by atoms with Crippen molar-refractivity contribution in [2.75, 3.05) is 13.7 Å². The molecule has 0 bridgehead atoms. The largest absolute Gasteiger partial charge is 0.496 e. The van der Waals surface area contributed by atoms with Crippen LogP contribution in [0.25, 0.3) is 0 Å². The van der Waals surface area contributed by atoms with E-state index in [1.54, 1.807) is 32.2 Å². The summed E-state index contributed by atoms with van der Waals surface area (Å²) in [6.07, 6.45) is 0.989. The number of aliphatic hydroxyl groups is 2. The van der Waals surface area contributed by atoms with E-state index in [4.69, 9.17) is 21.4 Å². The summed E-state index contributed by atoms with van der Waals surface area (Å²) in [6, 6.07) is 5.13. The molecule has 0 fully saturated rings. The number of hydrogen-bond acceptors (Lipinski definition) is 3. The molecule has 0 aliphatic rings. The van der Waals surface area contributed by atoms with Crippen LogP contribution in [0.4, 0.5) is 0 Å². The van der Waals surface area contributed by atoms with Crippen molar-refractivity contribution in [3.8, 4) is 5.75 Å². The third-order valence-corrected chi connectivity index (χ3v) is 2.80. The SMILES string of the molecule is COc1ccc(Cl)cc1C(C)(O)CCCO. The predicted molar refractivity (Wildman–Crippen MR) is 63.9 cm³/mol. The van der Waals surface area contributed by atoms with Crippen molar-refractivity contribution in [1.82, 2.24) is 0 Å². The molecular weight excluding hydrogens is 228 g/mol. The summed E-state index contributed by atoms with van der Waals surface area (Å²) in [5.41, 5.74) is -0.394. The van der Waals surface area contributed by atoms with E-state index in [1.807, 2.05) is 0 Å². The molecule has 0 aliphatic heterocycles. The maximum absolute atomic E-state index is 10.3. The molecule has 0 aromatic heterocycles. The Bertz CT molecular complexity index is 350. The number of ether oxygens (including phenoxy) is 1. The lowest BCUT2D eigenvalue weighted by Gasteiger charge is -2.25. The van der Waals surface area contributed by atoms with Crippen LogP contribution in [0.3, 0.4) is 0 Å². The molecule has 3 nitrogen and oxygen atoms in total. The average Bonchev–Trinajstić information content (AvgIpc) is 2.26. The zero-order valence-corrected chi connectivity index (χ0v) is 10.3. The minimum absolute atomic E-state index is 0.0546. The fourth-order valence-electron chi connectivity index (χ4n) is 1.66. The number of methoxy groups -OCH3 is 1. The van der Waals surface area contributed by atoms with Gasteiger partial charge in [0.25, 0.3) is 0 Å². The molecule has 1 aromatic carbocycles. The van der Waals surface area contributed by atoms with Gasteiger partial charge in [-0.05, 0) is 38.0 Å². The number of rotatable bonds is 5. The lowest BCUT2D eigenvalue weighted by Crippen LogP contribution is -2.22. The molecule has 0 heterocycles. The van der Waals surface area contributed by atoms with Crippen LogP contribution in [0.15, 0.2) is 18.2 Å². The van der Waals surface area contributed by atoms with E-state index in [0.717, 1.165) is 0 Å². The molecule has 4 heteroatoms. The monoisotopic (exact) mass is 244 g/mol. The van der Waals surface area contributed by atoms with Crippen LogP contribution in [-0.2, 0) is 5.60 Å². The third-order valence-electron chi connectivity index (χ3n) is 2.56. The Hall–Kier alpha value is -0.770. The highest BCUT2D eigenvalue weighted by molar-refractivity contribution is 6.30. The van der Waals surface area contributed by atoms with Crippen LogP contribution in [0, 0.1) is 0 Å². The summed E-state index contributed by atoms with van der Waals surface area (Å²) in [4.78, 5) is 0. The smallest absolute Gasteiger partial charge is 0.125 e. The minimum atomic E-state index is -1.04. The first-order chi connectivity index (χ1) is 7.51. The lowest BCUT2D eigenvalue weighted by atomic mass is 9.90. The van der Waals surface area contributed by atoms with Crippen molar-refractivity contribution in [2.24, 2.45) is 0 Å². The number of benzene rings is 1. The molecule has 1 atom stereocenters. The predicted octanol–water partition coefficient (Wildman–Crippen LogP) is 2.33. The van der Waals surface area contributed by atoms with E-state index >= 15 is 0 Å². The van der Waals surface area contributed by atoms with Gasteiger partial charge in [0, 0.05) is 17.2 Å². The first-order valence-corrected chi connectivity index (χ1v) is 5.56. The van der Waals surface area contributed by atoms with Gasteiger partial charge in [-0.2, -0.15) is 0 Å². The highest BCUT2D eigenvalue weighted by Gasteiger charge is 2.26. The standard InChI is InChI=1S/C12H17ClO3/c1-12(15,6-3-7-14)10-8-9(13)4-5-11(10)16-2/h4-5,8,14-15H,3,6-7H2,1-2H3. The lowest BCUT2D eigenvalue weighted by molar-refractivity contribution is 0.0380. The fourth-order valence-corrected chi connectivity index (χ4v) is 1.83. The zero-order chi connectivity index (χ0) is 12.2. The van der Waals surface area contributed by atoms with Gasteiger partial charge in [0.05, 0.1) is 12.7 Å². The van der Waals surface area contributed by atoms with E-state index in [0.29, 0.717) is 29.2 Å². The quantitative estimate of drug-likeness (QED) is 0.836. The van der Waals surface area contributed by atoms with E-state index < -0.39 is 5.60 Å². The van der Waals surface area contributed by atoms with Gasteiger partial charge >= 0.3 is 0 Å². The molecule has 1 aromatic rings. The fraction of sp³-hybridized carbons (Fsp3) is 0.500. The normalized spacial score (nSPS) is 14.6. The first kappa shape index (κ1) is 13.3. The Balaban J connectivity index is 3.04. The van der Waals surface area contributed by atoms with Gasteiger partial charge in [-0.3, -0.25) is 0 Å². The van der Waals surface area contributed by atoms with Gasteiger partial charge < -0.3 is 14.9 Å². The van der Waals surface area contributed by atoms with Gasteiger partial charge in [-0.1, -0.05) is 11.6 Å². The van der Waals surface area contributed by atoms with Crippen LogP contribution in [-0.4, -0.2) is 23.9 Å². The van der Waals surface area contributed by atoms with Crippen molar-refractivity contribution in [3.63, 3.8) is 0 Å². The molecule has 0 amide bonds. The summed E-state index contributed by atoms with van der Waals surface area (Å²) >= 11 is 5.90. The summed E-state index contributed by atoms with van der Waals surface area (Å²) in [6.45, 7) is 1.75.